The number of hydrogen-bond acceptors (Lipinski definition) is 7. The zero-order valence-corrected chi connectivity index (χ0v) is 21.6. The molecule has 8 nitrogen and oxygen atoms in total. The lowest BCUT2D eigenvalue weighted by molar-refractivity contribution is -0.140. The number of ether oxygens (including phenoxy) is 4. The number of rotatable bonds is 12. The van der Waals surface area contributed by atoms with E-state index in [0.717, 1.165) is 6.42 Å². The number of methoxy groups -OCH3 is 2. The molecule has 2 aromatic rings. The quantitative estimate of drug-likeness (QED) is 0.260. The van der Waals surface area contributed by atoms with E-state index in [1.54, 1.807) is 49.6 Å². The Hall–Kier alpha value is -3.52. The first-order valence-electron chi connectivity index (χ1n) is 12.1. The second-order valence-corrected chi connectivity index (χ2v) is 8.97. The topological polar surface area (TPSA) is 94.5 Å². The molecular formula is C28H35NO7. The van der Waals surface area contributed by atoms with Crippen molar-refractivity contribution in [3.8, 4) is 17.2 Å². The van der Waals surface area contributed by atoms with E-state index >= 15 is 0 Å². The van der Waals surface area contributed by atoms with Crippen molar-refractivity contribution in [3.05, 3.63) is 59.2 Å². The lowest BCUT2D eigenvalue weighted by Gasteiger charge is -2.26. The molecule has 8 heteroatoms. The molecule has 0 spiro atoms. The highest BCUT2D eigenvalue weighted by Gasteiger charge is 2.46. The lowest BCUT2D eigenvalue weighted by Crippen LogP contribution is -2.32. The summed E-state index contributed by atoms with van der Waals surface area (Å²) in [6.07, 6.45) is 0.872. The van der Waals surface area contributed by atoms with Gasteiger partial charge in [-0.2, -0.15) is 0 Å². The van der Waals surface area contributed by atoms with Crippen molar-refractivity contribution >= 4 is 17.4 Å². The van der Waals surface area contributed by atoms with Gasteiger partial charge < -0.3 is 29.0 Å². The van der Waals surface area contributed by atoms with E-state index < -0.39 is 17.7 Å². The van der Waals surface area contributed by atoms with Gasteiger partial charge in [-0.15, -0.1) is 0 Å². The van der Waals surface area contributed by atoms with Crippen molar-refractivity contribution < 1.29 is 33.6 Å². The smallest absolute Gasteiger partial charge is 0.295 e. The molecule has 0 saturated carbocycles. The number of nitrogens with zero attached hydrogens (tertiary/aromatic N) is 1. The molecule has 1 unspecified atom stereocenters. The van der Waals surface area contributed by atoms with Gasteiger partial charge in [0.05, 0.1) is 38.5 Å². The van der Waals surface area contributed by atoms with Crippen LogP contribution in [0.3, 0.4) is 0 Å². The molecule has 1 aliphatic heterocycles. The van der Waals surface area contributed by atoms with Crippen LogP contribution in [0.5, 0.6) is 17.2 Å². The van der Waals surface area contributed by atoms with E-state index in [1.165, 1.54) is 12.0 Å². The SMILES string of the molecule is CCCOc1ccc(/C(O)=C2/C(=O)C(=O)N(CCOC)C2c2ccc(OC)c(OCC(C)C)c2)cc1. The van der Waals surface area contributed by atoms with Crippen LogP contribution in [0.4, 0.5) is 0 Å². The minimum absolute atomic E-state index is 0.0123. The molecule has 1 aliphatic rings. The van der Waals surface area contributed by atoms with E-state index in [0.29, 0.717) is 41.6 Å². The number of carbonyl (C=O) groups is 2. The molecular weight excluding hydrogens is 462 g/mol. The Balaban J connectivity index is 2.09. The van der Waals surface area contributed by atoms with Crippen LogP contribution in [0.1, 0.15) is 44.4 Å². The number of ketones is 1. The fraction of sp³-hybridized carbons (Fsp3) is 0.429. The number of aliphatic hydroxyl groups is 1. The summed E-state index contributed by atoms with van der Waals surface area (Å²) in [6.45, 7) is 7.55. The number of aliphatic hydroxyl groups excluding tert-OH is 1. The largest absolute Gasteiger partial charge is 0.507 e. The monoisotopic (exact) mass is 497 g/mol. The second kappa shape index (κ2) is 12.4. The number of Topliss-reactive ketones (excluding diaryl/α,β-unsaturated/α-hetero) is 1. The van der Waals surface area contributed by atoms with Gasteiger partial charge in [-0.05, 0) is 54.3 Å². The number of likely N-dealkylation sites (tertiary alicyclic amines) is 1. The molecule has 1 amide bonds. The van der Waals surface area contributed by atoms with Gasteiger partial charge in [-0.25, -0.2) is 0 Å². The highest BCUT2D eigenvalue weighted by molar-refractivity contribution is 6.46. The molecule has 1 fully saturated rings. The van der Waals surface area contributed by atoms with Crippen molar-refractivity contribution in [3.63, 3.8) is 0 Å². The van der Waals surface area contributed by atoms with Crippen LogP contribution in [0, 0.1) is 5.92 Å². The standard InChI is InChI=1S/C28H35NO7/c1-6-14-35-21-10-7-19(8-11-21)26(30)24-25(29(13-15-33-4)28(32)27(24)31)20-9-12-22(34-5)23(16-20)36-17-18(2)3/h7-12,16,18,25,30H,6,13-15,17H2,1-5H3/b26-24-. The summed E-state index contributed by atoms with van der Waals surface area (Å²) in [6, 6.07) is 11.2. The van der Waals surface area contributed by atoms with Crippen LogP contribution in [-0.2, 0) is 14.3 Å². The highest BCUT2D eigenvalue weighted by atomic mass is 16.5. The van der Waals surface area contributed by atoms with Crippen LogP contribution in [0.25, 0.3) is 5.76 Å². The molecule has 1 N–H and O–H groups in total. The number of hydrogen-bond donors (Lipinski definition) is 1. The first-order chi connectivity index (χ1) is 17.3. The highest BCUT2D eigenvalue weighted by Crippen LogP contribution is 2.42. The van der Waals surface area contributed by atoms with Crippen LogP contribution < -0.4 is 14.2 Å². The Morgan fingerprint density at radius 2 is 1.72 bits per heavy atom. The van der Waals surface area contributed by atoms with Gasteiger partial charge in [0.2, 0.25) is 0 Å². The normalized spacial score (nSPS) is 17.1. The van der Waals surface area contributed by atoms with Crippen LogP contribution in [0.15, 0.2) is 48.0 Å². The molecule has 0 aliphatic carbocycles. The molecule has 1 heterocycles. The van der Waals surface area contributed by atoms with Crippen molar-refractivity contribution in [2.24, 2.45) is 5.92 Å². The zero-order valence-electron chi connectivity index (χ0n) is 21.6. The molecule has 1 atom stereocenters. The van der Waals surface area contributed by atoms with Gasteiger partial charge in [0.15, 0.2) is 11.5 Å². The molecule has 1 saturated heterocycles. The van der Waals surface area contributed by atoms with Gasteiger partial charge in [0, 0.05) is 19.2 Å². The predicted molar refractivity (Wildman–Crippen MR) is 136 cm³/mol. The Kier molecular flexibility index (Phi) is 9.36. The molecule has 3 rings (SSSR count). The fourth-order valence-electron chi connectivity index (χ4n) is 3.96. The van der Waals surface area contributed by atoms with Gasteiger partial charge >= 0.3 is 0 Å². The van der Waals surface area contributed by atoms with Gasteiger partial charge in [0.25, 0.3) is 11.7 Å². The van der Waals surface area contributed by atoms with Gasteiger partial charge in [-0.3, -0.25) is 9.59 Å². The molecule has 194 valence electrons. The van der Waals surface area contributed by atoms with Crippen molar-refractivity contribution in [2.75, 3.05) is 40.6 Å². The predicted octanol–water partition coefficient (Wildman–Crippen LogP) is 4.59. The minimum Gasteiger partial charge on any atom is -0.507 e. The van der Waals surface area contributed by atoms with Crippen LogP contribution in [-0.4, -0.2) is 62.3 Å². The maximum absolute atomic E-state index is 13.2. The van der Waals surface area contributed by atoms with Crippen LogP contribution >= 0.6 is 0 Å². The summed E-state index contributed by atoms with van der Waals surface area (Å²) in [5.74, 6) is 0.292. The zero-order chi connectivity index (χ0) is 26.2. The summed E-state index contributed by atoms with van der Waals surface area (Å²) in [5.41, 5.74) is 1.05. The van der Waals surface area contributed by atoms with Crippen molar-refractivity contribution in [1.29, 1.82) is 0 Å². The molecule has 2 aromatic carbocycles. The summed E-state index contributed by atoms with van der Waals surface area (Å²) < 4.78 is 22.2. The first kappa shape index (κ1) is 27.1. The van der Waals surface area contributed by atoms with E-state index in [-0.39, 0.29) is 30.4 Å². The van der Waals surface area contributed by atoms with E-state index in [1.807, 2.05) is 20.8 Å². The Morgan fingerprint density at radius 3 is 2.33 bits per heavy atom. The Labute approximate surface area is 212 Å². The molecule has 0 bridgehead atoms. The summed E-state index contributed by atoms with van der Waals surface area (Å²) in [5, 5.41) is 11.2. The Morgan fingerprint density at radius 1 is 1.00 bits per heavy atom. The molecule has 36 heavy (non-hydrogen) atoms. The molecule has 0 aromatic heterocycles. The Bertz CT molecular complexity index is 1090. The van der Waals surface area contributed by atoms with E-state index in [4.69, 9.17) is 18.9 Å². The minimum atomic E-state index is -0.816. The lowest BCUT2D eigenvalue weighted by atomic mass is 9.95. The average Bonchev–Trinajstić information content (AvgIpc) is 3.14. The van der Waals surface area contributed by atoms with Gasteiger partial charge in [-0.1, -0.05) is 26.8 Å². The third kappa shape index (κ3) is 5.99. The third-order valence-electron chi connectivity index (χ3n) is 5.75. The number of benzene rings is 2. The third-order valence-corrected chi connectivity index (χ3v) is 5.75. The summed E-state index contributed by atoms with van der Waals surface area (Å²) >= 11 is 0. The summed E-state index contributed by atoms with van der Waals surface area (Å²) in [4.78, 5) is 27.6. The second-order valence-electron chi connectivity index (χ2n) is 8.97. The maximum atomic E-state index is 13.2. The summed E-state index contributed by atoms with van der Waals surface area (Å²) in [7, 11) is 3.08. The van der Waals surface area contributed by atoms with Crippen molar-refractivity contribution in [2.45, 2.75) is 33.2 Å². The maximum Gasteiger partial charge on any atom is 0.295 e. The average molecular weight is 498 g/mol. The fourth-order valence-corrected chi connectivity index (χ4v) is 3.96. The van der Waals surface area contributed by atoms with E-state index in [9.17, 15) is 14.7 Å². The number of carbonyl (C=O) groups excluding carboxylic acids is 2. The van der Waals surface area contributed by atoms with Gasteiger partial charge in [0.1, 0.15) is 11.5 Å². The number of amides is 1. The first-order valence-corrected chi connectivity index (χ1v) is 12.1. The molecule has 0 radical (unpaired) electrons. The van der Waals surface area contributed by atoms with E-state index in [2.05, 4.69) is 0 Å². The van der Waals surface area contributed by atoms with Crippen LogP contribution in [0.2, 0.25) is 0 Å². The van der Waals surface area contributed by atoms with Crippen molar-refractivity contribution in [1.82, 2.24) is 4.90 Å².